The third-order valence-corrected chi connectivity index (χ3v) is 5.59. The van der Waals surface area contributed by atoms with Crippen LogP contribution in [-0.2, 0) is 0 Å². The summed E-state index contributed by atoms with van der Waals surface area (Å²) in [5, 5.41) is 9.72. The maximum Gasteiger partial charge on any atom is 0.0979 e. The Hall–Kier alpha value is -0.830. The summed E-state index contributed by atoms with van der Waals surface area (Å²) < 4.78 is 1.23. The molecule has 2 fully saturated rings. The first kappa shape index (κ1) is 17.5. The summed E-state index contributed by atoms with van der Waals surface area (Å²) in [6.07, 6.45) is 11.2. The first-order chi connectivity index (χ1) is 10.3. The second-order valence-corrected chi connectivity index (χ2v) is 6.81. The van der Waals surface area contributed by atoms with Gasteiger partial charge in [-0.05, 0) is 37.3 Å². The molecule has 2 saturated heterocycles. The number of piperidine rings is 2. The number of aliphatic hydroxyl groups is 1. The van der Waals surface area contributed by atoms with Gasteiger partial charge in [-0.15, -0.1) is 0 Å². The van der Waals surface area contributed by atoms with Crippen LogP contribution in [0.5, 0.6) is 0 Å². The first-order valence-electron chi connectivity index (χ1n) is 8.52. The van der Waals surface area contributed by atoms with E-state index < -0.39 is 0 Å². The first-order valence-corrected chi connectivity index (χ1v) is 8.52. The van der Waals surface area contributed by atoms with Crippen molar-refractivity contribution in [3.05, 3.63) is 42.0 Å². The van der Waals surface area contributed by atoms with Gasteiger partial charge >= 0.3 is 0 Å². The Kier molecular flexibility index (Phi) is 6.49. The minimum absolute atomic E-state index is 0. The van der Waals surface area contributed by atoms with Gasteiger partial charge in [0.05, 0.1) is 32.3 Å². The molecule has 0 spiro atoms. The SMILES string of the molecule is OC[C@@H]1CCC[N+]2(C/C=C/c3ccccc3)CCCC[C@H]12.[Cl-]. The standard InChI is InChI=1S/C19H28NO.ClH/c21-16-18-11-7-15-20(13-5-4-12-19(18)20)14-6-10-17-8-2-1-3-9-17;/h1-3,6,8-10,18-19,21H,4-5,7,11-16H2;1H/q+1;/p-1/b10-6+;/t18-,19+,20?;/m0./s1. The molecule has 1 aromatic carbocycles. The van der Waals surface area contributed by atoms with Gasteiger partial charge in [0.1, 0.15) is 0 Å². The van der Waals surface area contributed by atoms with Gasteiger partial charge in [0.15, 0.2) is 0 Å². The van der Waals surface area contributed by atoms with Gasteiger partial charge in [0, 0.05) is 12.3 Å². The summed E-state index contributed by atoms with van der Waals surface area (Å²) in [5.41, 5.74) is 1.29. The fraction of sp³-hybridized carbons (Fsp3) is 0.579. The molecule has 0 aliphatic carbocycles. The molecule has 3 rings (SSSR count). The second kappa shape index (κ2) is 8.14. The maximum absolute atomic E-state index is 9.72. The molecule has 2 aliphatic heterocycles. The minimum Gasteiger partial charge on any atom is -1.00 e. The molecule has 22 heavy (non-hydrogen) atoms. The zero-order valence-electron chi connectivity index (χ0n) is 13.3. The van der Waals surface area contributed by atoms with E-state index in [-0.39, 0.29) is 12.4 Å². The van der Waals surface area contributed by atoms with Gasteiger partial charge < -0.3 is 22.0 Å². The highest BCUT2D eigenvalue weighted by molar-refractivity contribution is 5.48. The Morgan fingerprint density at radius 2 is 1.82 bits per heavy atom. The molecule has 122 valence electrons. The maximum atomic E-state index is 9.72. The van der Waals surface area contributed by atoms with Gasteiger partial charge in [0.2, 0.25) is 0 Å². The van der Waals surface area contributed by atoms with Crippen molar-refractivity contribution >= 4 is 6.08 Å². The van der Waals surface area contributed by atoms with Crippen molar-refractivity contribution < 1.29 is 22.0 Å². The molecule has 1 unspecified atom stereocenters. The number of rotatable bonds is 4. The molecule has 1 N–H and O–H groups in total. The van der Waals surface area contributed by atoms with Crippen LogP contribution < -0.4 is 12.4 Å². The number of hydrogen-bond donors (Lipinski definition) is 1. The van der Waals surface area contributed by atoms with Gasteiger partial charge in [-0.25, -0.2) is 0 Å². The van der Waals surface area contributed by atoms with E-state index in [4.69, 9.17) is 0 Å². The number of fused-ring (bicyclic) bond motifs is 1. The van der Waals surface area contributed by atoms with Crippen LogP contribution in [0.1, 0.15) is 37.7 Å². The van der Waals surface area contributed by atoms with E-state index in [2.05, 4.69) is 42.5 Å². The van der Waals surface area contributed by atoms with Crippen molar-refractivity contribution in [1.82, 2.24) is 0 Å². The van der Waals surface area contributed by atoms with Crippen molar-refractivity contribution in [2.75, 3.05) is 26.2 Å². The Labute approximate surface area is 140 Å². The predicted molar refractivity (Wildman–Crippen MR) is 87.8 cm³/mol. The van der Waals surface area contributed by atoms with Crippen LogP contribution in [-0.4, -0.2) is 41.9 Å². The highest BCUT2D eigenvalue weighted by atomic mass is 35.5. The average molecular weight is 322 g/mol. The van der Waals surface area contributed by atoms with E-state index in [1.165, 1.54) is 55.2 Å². The molecular weight excluding hydrogens is 294 g/mol. The number of aliphatic hydroxyl groups excluding tert-OH is 1. The molecule has 3 heteroatoms. The van der Waals surface area contributed by atoms with Crippen LogP contribution >= 0.6 is 0 Å². The Morgan fingerprint density at radius 1 is 1.05 bits per heavy atom. The fourth-order valence-electron chi connectivity index (χ4n) is 4.53. The zero-order valence-corrected chi connectivity index (χ0v) is 14.1. The van der Waals surface area contributed by atoms with Crippen molar-refractivity contribution in [1.29, 1.82) is 0 Å². The topological polar surface area (TPSA) is 20.2 Å². The Bertz CT molecular complexity index is 472. The number of hydrogen-bond acceptors (Lipinski definition) is 1. The summed E-state index contributed by atoms with van der Waals surface area (Å²) in [4.78, 5) is 0. The predicted octanol–water partition coefficient (Wildman–Crippen LogP) is 0.475. The number of benzene rings is 1. The van der Waals surface area contributed by atoms with Crippen LogP contribution in [0.3, 0.4) is 0 Å². The average Bonchev–Trinajstić information content (AvgIpc) is 2.55. The minimum atomic E-state index is 0. The number of halogens is 1. The van der Waals surface area contributed by atoms with Crippen molar-refractivity contribution in [2.24, 2.45) is 5.92 Å². The van der Waals surface area contributed by atoms with Crippen LogP contribution in [0.25, 0.3) is 6.08 Å². The van der Waals surface area contributed by atoms with E-state index in [9.17, 15) is 5.11 Å². The molecule has 0 radical (unpaired) electrons. The summed E-state index contributed by atoms with van der Waals surface area (Å²) in [6.45, 7) is 4.13. The van der Waals surface area contributed by atoms with Crippen molar-refractivity contribution in [3.63, 3.8) is 0 Å². The van der Waals surface area contributed by atoms with Crippen LogP contribution in [0, 0.1) is 5.92 Å². The lowest BCUT2D eigenvalue weighted by Gasteiger charge is -2.53. The lowest BCUT2D eigenvalue weighted by Crippen LogP contribution is -3.00. The van der Waals surface area contributed by atoms with E-state index in [0.29, 0.717) is 18.6 Å². The summed E-state index contributed by atoms with van der Waals surface area (Å²) in [6, 6.07) is 11.3. The van der Waals surface area contributed by atoms with Crippen molar-refractivity contribution in [3.8, 4) is 0 Å². The second-order valence-electron chi connectivity index (χ2n) is 6.81. The molecule has 0 amide bonds. The zero-order chi connectivity index (χ0) is 14.5. The fourth-order valence-corrected chi connectivity index (χ4v) is 4.53. The number of quaternary nitrogens is 1. The Balaban J connectivity index is 0.00000176. The van der Waals surface area contributed by atoms with Gasteiger partial charge in [-0.1, -0.05) is 36.4 Å². The molecular formula is C19H28ClNO. The summed E-state index contributed by atoms with van der Waals surface area (Å²) >= 11 is 0. The van der Waals surface area contributed by atoms with E-state index in [1.54, 1.807) is 0 Å². The highest BCUT2D eigenvalue weighted by Crippen LogP contribution is 2.37. The Morgan fingerprint density at radius 3 is 2.59 bits per heavy atom. The molecule has 0 aromatic heterocycles. The summed E-state index contributed by atoms with van der Waals surface area (Å²) in [5.74, 6) is 0.532. The highest BCUT2D eigenvalue weighted by Gasteiger charge is 2.45. The van der Waals surface area contributed by atoms with Gasteiger partial charge in [-0.3, -0.25) is 0 Å². The molecule has 3 atom stereocenters. The monoisotopic (exact) mass is 321 g/mol. The lowest BCUT2D eigenvalue weighted by molar-refractivity contribution is -0.959. The summed E-state index contributed by atoms with van der Waals surface area (Å²) in [7, 11) is 0. The molecule has 1 aromatic rings. The van der Waals surface area contributed by atoms with E-state index in [0.717, 1.165) is 6.54 Å². The third-order valence-electron chi connectivity index (χ3n) is 5.59. The lowest BCUT2D eigenvalue weighted by atomic mass is 9.81. The smallest absolute Gasteiger partial charge is 0.0979 e. The normalized spacial score (nSPS) is 31.5. The van der Waals surface area contributed by atoms with Crippen molar-refractivity contribution in [2.45, 2.75) is 38.1 Å². The van der Waals surface area contributed by atoms with Gasteiger partial charge in [-0.2, -0.15) is 0 Å². The molecule has 2 aliphatic rings. The third kappa shape index (κ3) is 3.73. The molecule has 2 nitrogen and oxygen atoms in total. The van der Waals surface area contributed by atoms with Crippen LogP contribution in [0.15, 0.2) is 36.4 Å². The van der Waals surface area contributed by atoms with E-state index >= 15 is 0 Å². The molecule has 0 saturated carbocycles. The van der Waals surface area contributed by atoms with E-state index in [1.807, 2.05) is 0 Å². The van der Waals surface area contributed by atoms with Crippen LogP contribution in [0.2, 0.25) is 0 Å². The molecule has 2 heterocycles. The van der Waals surface area contributed by atoms with Gasteiger partial charge in [0.25, 0.3) is 0 Å². The molecule has 0 bridgehead atoms. The quantitative estimate of drug-likeness (QED) is 0.800. The number of nitrogens with zero attached hydrogens (tertiary/aromatic N) is 1. The van der Waals surface area contributed by atoms with Crippen LogP contribution in [0.4, 0.5) is 0 Å². The largest absolute Gasteiger partial charge is 1.00 e.